The van der Waals surface area contributed by atoms with Gasteiger partial charge in [0.1, 0.15) is 0 Å². The summed E-state index contributed by atoms with van der Waals surface area (Å²) in [4.78, 5) is 4.94. The van der Waals surface area contributed by atoms with Crippen LogP contribution in [0.2, 0.25) is 0 Å². The molecule has 0 aliphatic carbocycles. The van der Waals surface area contributed by atoms with Gasteiger partial charge in [0.2, 0.25) is 0 Å². The van der Waals surface area contributed by atoms with Crippen molar-refractivity contribution in [1.82, 2.24) is 9.80 Å². The van der Waals surface area contributed by atoms with E-state index in [0.717, 1.165) is 11.5 Å². The maximum atomic E-state index is 6.34. The summed E-state index contributed by atoms with van der Waals surface area (Å²) in [6, 6.07) is 1.33. The van der Waals surface area contributed by atoms with Crippen LogP contribution in [0.15, 0.2) is 22.7 Å². The summed E-state index contributed by atoms with van der Waals surface area (Å²) < 4.78 is 6.34. The second-order valence-corrected chi connectivity index (χ2v) is 8.68. The summed E-state index contributed by atoms with van der Waals surface area (Å²) in [7, 11) is 4.48. The minimum absolute atomic E-state index is 0.667. The van der Waals surface area contributed by atoms with Gasteiger partial charge in [-0.2, -0.15) is 0 Å². The van der Waals surface area contributed by atoms with Gasteiger partial charge in [0.15, 0.2) is 0 Å². The van der Waals surface area contributed by atoms with Gasteiger partial charge < -0.3 is 14.5 Å². The lowest BCUT2D eigenvalue weighted by atomic mass is 9.85. The summed E-state index contributed by atoms with van der Waals surface area (Å²) in [6.07, 6.45) is 5.00. The molecule has 0 bridgehead atoms. The number of likely N-dealkylation sites (tertiary alicyclic amines) is 2. The molecule has 0 saturated carbocycles. The molecule has 2 rings (SSSR count). The van der Waals surface area contributed by atoms with E-state index in [4.69, 9.17) is 4.74 Å². The maximum Gasteiger partial charge on any atom is 0.0997 e. The molecule has 4 atom stereocenters. The molecule has 0 amide bonds. The van der Waals surface area contributed by atoms with Crippen molar-refractivity contribution in [2.24, 2.45) is 11.8 Å². The van der Waals surface area contributed by atoms with Crippen LogP contribution in [0.5, 0.6) is 0 Å². The Morgan fingerprint density at radius 2 is 1.08 bits per heavy atom. The predicted molar refractivity (Wildman–Crippen MR) is 107 cm³/mol. The van der Waals surface area contributed by atoms with Crippen LogP contribution in [-0.4, -0.2) is 49.1 Å². The molecule has 0 radical (unpaired) electrons. The van der Waals surface area contributed by atoms with E-state index in [9.17, 15) is 0 Å². The summed E-state index contributed by atoms with van der Waals surface area (Å²) in [5.41, 5.74) is 2.90. The van der Waals surface area contributed by atoms with Gasteiger partial charge in [0.05, 0.1) is 11.5 Å². The van der Waals surface area contributed by atoms with Crippen LogP contribution >= 0.6 is 0 Å². The summed E-state index contributed by atoms with van der Waals surface area (Å²) >= 11 is 0. The molecule has 3 nitrogen and oxygen atoms in total. The summed E-state index contributed by atoms with van der Waals surface area (Å²) in [5, 5.41) is 0. The van der Waals surface area contributed by atoms with Crippen molar-refractivity contribution in [1.29, 1.82) is 0 Å². The molecule has 2 fully saturated rings. The highest BCUT2D eigenvalue weighted by Gasteiger charge is 2.27. The van der Waals surface area contributed by atoms with Crippen molar-refractivity contribution in [3.8, 4) is 0 Å². The van der Waals surface area contributed by atoms with Gasteiger partial charge in [-0.05, 0) is 117 Å². The predicted octanol–water partition coefficient (Wildman–Crippen LogP) is 5.05. The average molecular weight is 349 g/mol. The highest BCUT2D eigenvalue weighted by Crippen LogP contribution is 2.33. The topological polar surface area (TPSA) is 15.7 Å². The Bertz CT molecular complexity index is 476. The Morgan fingerprint density at radius 3 is 1.40 bits per heavy atom. The Morgan fingerprint density at radius 1 is 0.720 bits per heavy atom. The van der Waals surface area contributed by atoms with Crippen molar-refractivity contribution in [2.45, 2.75) is 79.3 Å². The first-order valence-electron chi connectivity index (χ1n) is 10.1. The van der Waals surface area contributed by atoms with Gasteiger partial charge >= 0.3 is 0 Å². The third kappa shape index (κ3) is 5.10. The highest BCUT2D eigenvalue weighted by atomic mass is 16.5. The number of hydrogen-bond acceptors (Lipinski definition) is 3. The molecule has 0 aromatic rings. The van der Waals surface area contributed by atoms with E-state index < -0.39 is 0 Å². The van der Waals surface area contributed by atoms with Crippen molar-refractivity contribution < 1.29 is 4.74 Å². The first-order valence-corrected chi connectivity index (χ1v) is 10.1. The zero-order chi connectivity index (χ0) is 18.7. The van der Waals surface area contributed by atoms with E-state index in [-0.39, 0.29) is 0 Å². The molecule has 2 aliphatic rings. The number of allylic oxidation sites excluding steroid dienone is 4. The Labute approximate surface area is 156 Å². The third-order valence-corrected chi connectivity index (χ3v) is 7.06. The van der Waals surface area contributed by atoms with E-state index in [2.05, 4.69) is 65.4 Å². The minimum atomic E-state index is 0.667. The molecule has 0 N–H and O–H groups in total. The van der Waals surface area contributed by atoms with Crippen LogP contribution < -0.4 is 0 Å². The molecule has 0 aromatic heterocycles. The van der Waals surface area contributed by atoms with Gasteiger partial charge in [0, 0.05) is 12.1 Å². The zero-order valence-electron chi connectivity index (χ0n) is 17.9. The van der Waals surface area contributed by atoms with Gasteiger partial charge in [-0.3, -0.25) is 0 Å². The molecule has 144 valence electrons. The van der Waals surface area contributed by atoms with Gasteiger partial charge in [0.25, 0.3) is 0 Å². The smallest absolute Gasteiger partial charge is 0.0997 e. The molecule has 0 aromatic carbocycles. The molecule has 4 unspecified atom stereocenters. The van der Waals surface area contributed by atoms with Gasteiger partial charge in [-0.25, -0.2) is 0 Å². The molecule has 0 spiro atoms. The Hall–Kier alpha value is -0.800. The van der Waals surface area contributed by atoms with Crippen LogP contribution in [0.4, 0.5) is 0 Å². The number of ether oxygens (including phenoxy) is 1. The number of piperidine rings is 2. The van der Waals surface area contributed by atoms with E-state index >= 15 is 0 Å². The van der Waals surface area contributed by atoms with Crippen molar-refractivity contribution >= 4 is 0 Å². The summed E-state index contributed by atoms with van der Waals surface area (Å²) in [6.45, 7) is 15.9. The molecule has 2 aliphatic heterocycles. The molecular weight excluding hydrogens is 308 g/mol. The first kappa shape index (κ1) is 20.5. The lowest BCUT2D eigenvalue weighted by molar-refractivity contribution is 0.161. The van der Waals surface area contributed by atoms with E-state index in [0.29, 0.717) is 23.9 Å². The van der Waals surface area contributed by atoms with E-state index in [1.807, 2.05) is 0 Å². The monoisotopic (exact) mass is 348 g/mol. The normalized spacial score (nSPS) is 34.4. The zero-order valence-corrected chi connectivity index (χ0v) is 17.9. The van der Waals surface area contributed by atoms with Crippen LogP contribution in [0.25, 0.3) is 0 Å². The molecule has 3 heteroatoms. The Balaban J connectivity index is 2.03. The molecule has 2 saturated heterocycles. The van der Waals surface area contributed by atoms with E-state index in [1.165, 1.54) is 49.9 Å². The first-order chi connectivity index (χ1) is 11.7. The van der Waals surface area contributed by atoms with Crippen molar-refractivity contribution in [3.63, 3.8) is 0 Å². The van der Waals surface area contributed by atoms with Gasteiger partial charge in [-0.15, -0.1) is 0 Å². The largest absolute Gasteiger partial charge is 0.467 e. The fourth-order valence-electron chi connectivity index (χ4n) is 4.33. The highest BCUT2D eigenvalue weighted by molar-refractivity contribution is 5.15. The summed E-state index contributed by atoms with van der Waals surface area (Å²) in [5.74, 6) is 3.59. The van der Waals surface area contributed by atoms with Gasteiger partial charge in [-0.1, -0.05) is 0 Å². The van der Waals surface area contributed by atoms with Crippen LogP contribution in [0.3, 0.4) is 0 Å². The number of rotatable bonds is 4. The fraction of sp³-hybridized carbons (Fsp3) is 0.818. The van der Waals surface area contributed by atoms with Crippen molar-refractivity contribution in [3.05, 3.63) is 22.7 Å². The molecule has 25 heavy (non-hydrogen) atoms. The lowest BCUT2D eigenvalue weighted by Gasteiger charge is -2.36. The minimum Gasteiger partial charge on any atom is -0.467 e. The van der Waals surface area contributed by atoms with Crippen LogP contribution in [-0.2, 0) is 4.74 Å². The SMILES string of the molecule is CC(OC(C)=C(C)C1CCN(C)C(C)C1)=C(C)C1CCN(C)C(C)C1. The van der Waals surface area contributed by atoms with E-state index in [1.54, 1.807) is 0 Å². The second-order valence-electron chi connectivity index (χ2n) is 8.68. The number of nitrogens with zero attached hydrogens (tertiary/aromatic N) is 2. The van der Waals surface area contributed by atoms with Crippen molar-refractivity contribution in [2.75, 3.05) is 27.2 Å². The molecule has 2 heterocycles. The second kappa shape index (κ2) is 8.73. The van der Waals surface area contributed by atoms with Crippen LogP contribution in [0, 0.1) is 11.8 Å². The average Bonchev–Trinajstić information content (AvgIpc) is 2.58. The molecular formula is C22H40N2O. The maximum absolute atomic E-state index is 6.34. The fourth-order valence-corrected chi connectivity index (χ4v) is 4.33. The van der Waals surface area contributed by atoms with Crippen LogP contribution in [0.1, 0.15) is 67.2 Å². The lowest BCUT2D eigenvalue weighted by Crippen LogP contribution is -2.38. The Kier molecular flexibility index (Phi) is 7.16. The third-order valence-electron chi connectivity index (χ3n) is 7.06. The number of hydrogen-bond donors (Lipinski definition) is 0. The quantitative estimate of drug-likeness (QED) is 0.661. The standard InChI is InChI=1S/C22H40N2O/c1-15-13-21(9-11-23(15)7)17(3)19(5)25-20(6)18(4)22-10-12-24(8)16(2)14-22/h15-16,21-22H,9-14H2,1-8H3.